The molecule has 1 aromatic carbocycles. The summed E-state index contributed by atoms with van der Waals surface area (Å²) in [6.45, 7) is 3.98. The number of carbonyl (C=O) groups is 1. The molecule has 3 heterocycles. The van der Waals surface area contributed by atoms with E-state index in [1.807, 2.05) is 5.38 Å². The summed E-state index contributed by atoms with van der Waals surface area (Å²) in [4.78, 5) is 23.4. The zero-order valence-electron chi connectivity index (χ0n) is 14.5. The first-order chi connectivity index (χ1) is 13.2. The van der Waals surface area contributed by atoms with E-state index in [1.54, 1.807) is 16.7 Å². The molecule has 1 aliphatic rings. The van der Waals surface area contributed by atoms with Gasteiger partial charge in [-0.2, -0.15) is 0 Å². The Morgan fingerprint density at radius 3 is 2.81 bits per heavy atom. The molecule has 0 aliphatic carbocycles. The predicted molar refractivity (Wildman–Crippen MR) is 99.7 cm³/mol. The van der Waals surface area contributed by atoms with E-state index < -0.39 is 0 Å². The summed E-state index contributed by atoms with van der Waals surface area (Å²) in [6, 6.07) is 5.88. The van der Waals surface area contributed by atoms with Gasteiger partial charge in [-0.05, 0) is 24.3 Å². The zero-order chi connectivity index (χ0) is 18.6. The van der Waals surface area contributed by atoms with Gasteiger partial charge in [-0.1, -0.05) is 0 Å². The normalized spacial score (nSPS) is 15.0. The van der Waals surface area contributed by atoms with Crippen LogP contribution in [0, 0.1) is 5.82 Å². The van der Waals surface area contributed by atoms with Crippen LogP contribution < -0.4 is 5.32 Å². The first-order valence-corrected chi connectivity index (χ1v) is 9.41. The minimum Gasteiger partial charge on any atom is -0.379 e. The molecule has 140 valence electrons. The van der Waals surface area contributed by atoms with Crippen LogP contribution in [0.2, 0.25) is 0 Å². The van der Waals surface area contributed by atoms with Gasteiger partial charge in [-0.25, -0.2) is 14.4 Å². The minimum atomic E-state index is -0.333. The second-order valence-electron chi connectivity index (χ2n) is 6.11. The number of nitrogens with one attached hydrogen (secondary N) is 1. The van der Waals surface area contributed by atoms with E-state index in [9.17, 15) is 9.18 Å². The average Bonchev–Trinajstić information content (AvgIpc) is 3.33. The number of hydrogen-bond donors (Lipinski definition) is 1. The van der Waals surface area contributed by atoms with Crippen LogP contribution in [-0.4, -0.2) is 51.6 Å². The highest BCUT2D eigenvalue weighted by Crippen LogP contribution is 2.19. The lowest BCUT2D eigenvalue weighted by Crippen LogP contribution is -2.35. The number of anilines is 1. The maximum Gasteiger partial charge on any atom is 0.276 e. The molecule has 1 fully saturated rings. The van der Waals surface area contributed by atoms with E-state index in [1.165, 1.54) is 36.0 Å². The molecule has 2 aromatic heterocycles. The lowest BCUT2D eigenvalue weighted by molar-refractivity contribution is 0.0337. The quantitative estimate of drug-likeness (QED) is 0.729. The fourth-order valence-electron chi connectivity index (χ4n) is 2.86. The molecule has 1 saturated heterocycles. The summed E-state index contributed by atoms with van der Waals surface area (Å²) >= 11 is 1.39. The summed E-state index contributed by atoms with van der Waals surface area (Å²) in [7, 11) is 0. The molecule has 7 nitrogen and oxygen atoms in total. The van der Waals surface area contributed by atoms with Crippen molar-refractivity contribution in [3.05, 3.63) is 59.4 Å². The number of benzene rings is 1. The second-order valence-corrected chi connectivity index (χ2v) is 6.97. The van der Waals surface area contributed by atoms with Crippen LogP contribution in [-0.2, 0) is 11.3 Å². The standard InChI is InChI=1S/C18H18FN5O2S/c19-13-1-3-15(4-2-13)24-12-20-9-16(24)17(25)22-18-21-14(11-27-18)10-23-5-7-26-8-6-23/h1-4,9,11-12H,5-8,10H2,(H,21,22,25). The monoisotopic (exact) mass is 387 g/mol. The molecule has 0 atom stereocenters. The molecule has 3 aromatic rings. The summed E-state index contributed by atoms with van der Waals surface area (Å²) in [6.07, 6.45) is 2.99. The molecule has 0 bridgehead atoms. The van der Waals surface area contributed by atoms with Crippen LogP contribution in [0.5, 0.6) is 0 Å². The number of rotatable bonds is 5. The summed E-state index contributed by atoms with van der Waals surface area (Å²) in [5, 5.41) is 5.30. The molecule has 1 aliphatic heterocycles. The molecule has 4 rings (SSSR count). The van der Waals surface area contributed by atoms with Crippen molar-refractivity contribution in [3.63, 3.8) is 0 Å². The number of ether oxygens (including phenoxy) is 1. The molecule has 0 saturated carbocycles. The number of imidazole rings is 1. The Labute approximate surface area is 159 Å². The maximum absolute atomic E-state index is 13.1. The largest absolute Gasteiger partial charge is 0.379 e. The van der Waals surface area contributed by atoms with Crippen molar-refractivity contribution in [2.24, 2.45) is 0 Å². The Morgan fingerprint density at radius 1 is 1.26 bits per heavy atom. The van der Waals surface area contributed by atoms with Crippen molar-refractivity contribution in [2.45, 2.75) is 6.54 Å². The highest BCUT2D eigenvalue weighted by Gasteiger charge is 2.16. The Kier molecular flexibility index (Phi) is 5.23. The van der Waals surface area contributed by atoms with Gasteiger partial charge in [0.15, 0.2) is 5.13 Å². The number of halogens is 1. The van der Waals surface area contributed by atoms with Crippen molar-refractivity contribution in [1.82, 2.24) is 19.4 Å². The van der Waals surface area contributed by atoms with Gasteiger partial charge in [0.2, 0.25) is 0 Å². The van der Waals surface area contributed by atoms with E-state index in [4.69, 9.17) is 4.74 Å². The zero-order valence-corrected chi connectivity index (χ0v) is 15.3. The summed E-state index contributed by atoms with van der Waals surface area (Å²) in [5.74, 6) is -0.649. The fourth-order valence-corrected chi connectivity index (χ4v) is 3.55. The van der Waals surface area contributed by atoms with E-state index in [0.717, 1.165) is 38.5 Å². The van der Waals surface area contributed by atoms with Crippen molar-refractivity contribution >= 4 is 22.4 Å². The first kappa shape index (κ1) is 17.8. The van der Waals surface area contributed by atoms with E-state index in [2.05, 4.69) is 20.2 Å². The molecule has 0 radical (unpaired) electrons. The predicted octanol–water partition coefficient (Wildman–Crippen LogP) is 2.55. The third kappa shape index (κ3) is 4.21. The Hall–Kier alpha value is -2.62. The van der Waals surface area contributed by atoms with Gasteiger partial charge >= 0.3 is 0 Å². The topological polar surface area (TPSA) is 72.3 Å². The molecular formula is C18H18FN5O2S. The van der Waals surface area contributed by atoms with Crippen LogP contribution >= 0.6 is 11.3 Å². The Morgan fingerprint density at radius 2 is 2.04 bits per heavy atom. The molecule has 27 heavy (non-hydrogen) atoms. The molecule has 1 amide bonds. The number of thiazole rings is 1. The van der Waals surface area contributed by atoms with Crippen molar-refractivity contribution in [3.8, 4) is 5.69 Å². The number of morpholine rings is 1. The highest BCUT2D eigenvalue weighted by atomic mass is 32.1. The van der Waals surface area contributed by atoms with Crippen LogP contribution in [0.4, 0.5) is 9.52 Å². The van der Waals surface area contributed by atoms with Gasteiger partial charge < -0.3 is 4.74 Å². The van der Waals surface area contributed by atoms with Crippen LogP contribution in [0.15, 0.2) is 42.2 Å². The highest BCUT2D eigenvalue weighted by molar-refractivity contribution is 7.13. The number of carbonyl (C=O) groups excluding carboxylic acids is 1. The van der Waals surface area contributed by atoms with Crippen LogP contribution in [0.1, 0.15) is 16.2 Å². The third-order valence-electron chi connectivity index (χ3n) is 4.24. The number of nitrogens with zero attached hydrogens (tertiary/aromatic N) is 4. The van der Waals surface area contributed by atoms with Crippen molar-refractivity contribution < 1.29 is 13.9 Å². The first-order valence-electron chi connectivity index (χ1n) is 8.53. The van der Waals surface area contributed by atoms with Gasteiger partial charge in [0.1, 0.15) is 11.5 Å². The molecule has 0 spiro atoms. The summed E-state index contributed by atoms with van der Waals surface area (Å²) in [5.41, 5.74) is 1.93. The van der Waals surface area contributed by atoms with Gasteiger partial charge in [0, 0.05) is 30.7 Å². The lowest BCUT2D eigenvalue weighted by atomic mass is 10.3. The van der Waals surface area contributed by atoms with Gasteiger partial charge in [0.25, 0.3) is 5.91 Å². The van der Waals surface area contributed by atoms with Gasteiger partial charge in [-0.15, -0.1) is 11.3 Å². The maximum atomic E-state index is 13.1. The Bertz CT molecular complexity index is 918. The second kappa shape index (κ2) is 7.95. The number of amides is 1. The molecular weight excluding hydrogens is 369 g/mol. The van der Waals surface area contributed by atoms with Gasteiger partial charge in [-0.3, -0.25) is 19.6 Å². The van der Waals surface area contributed by atoms with Crippen molar-refractivity contribution in [2.75, 3.05) is 31.6 Å². The van der Waals surface area contributed by atoms with Gasteiger partial charge in [0.05, 0.1) is 31.4 Å². The van der Waals surface area contributed by atoms with E-state index >= 15 is 0 Å². The molecule has 9 heteroatoms. The van der Waals surface area contributed by atoms with Crippen molar-refractivity contribution in [1.29, 1.82) is 0 Å². The van der Waals surface area contributed by atoms with Crippen LogP contribution in [0.3, 0.4) is 0 Å². The number of aromatic nitrogens is 3. The fraction of sp³-hybridized carbons (Fsp3) is 0.278. The molecule has 1 N–H and O–H groups in total. The smallest absolute Gasteiger partial charge is 0.276 e. The van der Waals surface area contributed by atoms with Crippen LogP contribution in [0.25, 0.3) is 5.69 Å². The molecule has 0 unspecified atom stereocenters. The van der Waals surface area contributed by atoms with E-state index in [-0.39, 0.29) is 11.7 Å². The average molecular weight is 387 g/mol. The summed E-state index contributed by atoms with van der Waals surface area (Å²) < 4.78 is 20.1. The Balaban J connectivity index is 1.44. The van der Waals surface area contributed by atoms with E-state index in [0.29, 0.717) is 16.5 Å². The lowest BCUT2D eigenvalue weighted by Gasteiger charge is -2.25. The minimum absolute atomic E-state index is 0.316. The SMILES string of the molecule is O=C(Nc1nc(CN2CCOCC2)cs1)c1cncn1-c1ccc(F)cc1. The number of hydrogen-bond acceptors (Lipinski definition) is 6. The third-order valence-corrected chi connectivity index (χ3v) is 5.04.